The van der Waals surface area contributed by atoms with Gasteiger partial charge in [-0.3, -0.25) is 0 Å². The Morgan fingerprint density at radius 1 is 1.35 bits per heavy atom. The number of rotatable bonds is 4. The van der Waals surface area contributed by atoms with Crippen molar-refractivity contribution in [1.29, 1.82) is 0 Å². The molecule has 1 aliphatic rings. The maximum absolute atomic E-state index is 10.3. The van der Waals surface area contributed by atoms with Crippen LogP contribution in [0, 0.1) is 6.92 Å². The summed E-state index contributed by atoms with van der Waals surface area (Å²) < 4.78 is 7.36. The van der Waals surface area contributed by atoms with Gasteiger partial charge in [0.05, 0.1) is 11.8 Å². The van der Waals surface area contributed by atoms with Gasteiger partial charge in [0, 0.05) is 11.6 Å². The molecule has 2 aromatic heterocycles. The zero-order chi connectivity index (χ0) is 16.7. The lowest BCUT2D eigenvalue weighted by Crippen LogP contribution is -2.38. The van der Waals surface area contributed by atoms with Crippen molar-refractivity contribution in [1.82, 2.24) is 14.5 Å². The second kappa shape index (κ2) is 6.04. The minimum absolute atomic E-state index is 0.130. The Kier molecular flexibility index (Phi) is 4.24. The summed E-state index contributed by atoms with van der Waals surface area (Å²) in [7, 11) is 0. The molecule has 3 heterocycles. The first kappa shape index (κ1) is 16.1. The van der Waals surface area contributed by atoms with Gasteiger partial charge in [-0.1, -0.05) is 13.3 Å². The number of hydrogen-bond acceptors (Lipinski definition) is 7. The third-order valence-electron chi connectivity index (χ3n) is 4.29. The molecule has 8 heteroatoms. The number of aryl methyl sites for hydroxylation is 1. The van der Waals surface area contributed by atoms with Crippen LogP contribution in [0.5, 0.6) is 0 Å². The quantitative estimate of drug-likeness (QED) is 0.629. The molecule has 0 saturated carbocycles. The van der Waals surface area contributed by atoms with Gasteiger partial charge in [-0.15, -0.1) is 0 Å². The number of nitrogens with zero attached hydrogens (tertiary/aromatic N) is 3. The van der Waals surface area contributed by atoms with E-state index in [1.54, 1.807) is 10.8 Å². The Bertz CT molecular complexity index is 704. The molecule has 126 valence electrons. The van der Waals surface area contributed by atoms with Crippen LogP contribution >= 0.6 is 0 Å². The van der Waals surface area contributed by atoms with Crippen molar-refractivity contribution in [3.8, 4) is 0 Å². The zero-order valence-electron chi connectivity index (χ0n) is 13.1. The van der Waals surface area contributed by atoms with Gasteiger partial charge >= 0.3 is 0 Å². The van der Waals surface area contributed by atoms with E-state index in [1.807, 2.05) is 19.9 Å². The minimum atomic E-state index is -1.17. The summed E-state index contributed by atoms with van der Waals surface area (Å²) in [5.41, 5.74) is 6.95. The highest BCUT2D eigenvalue weighted by Gasteiger charge is 2.46. The Labute approximate surface area is 133 Å². The van der Waals surface area contributed by atoms with Crippen molar-refractivity contribution < 1.29 is 20.1 Å². The maximum atomic E-state index is 10.3. The number of ether oxygens (including phenoxy) is 1. The third kappa shape index (κ3) is 2.67. The van der Waals surface area contributed by atoms with Gasteiger partial charge < -0.3 is 30.4 Å². The first-order valence-corrected chi connectivity index (χ1v) is 7.74. The van der Waals surface area contributed by atoms with Crippen LogP contribution in [-0.2, 0) is 4.74 Å². The highest BCUT2D eigenvalue weighted by molar-refractivity contribution is 5.79. The van der Waals surface area contributed by atoms with Gasteiger partial charge in [0.1, 0.15) is 24.0 Å². The highest BCUT2D eigenvalue weighted by Crippen LogP contribution is 2.34. The van der Waals surface area contributed by atoms with Crippen LogP contribution in [0.4, 0.5) is 5.95 Å². The van der Waals surface area contributed by atoms with Gasteiger partial charge in [0.2, 0.25) is 5.95 Å². The minimum Gasteiger partial charge on any atom is -0.390 e. The number of nitrogen functional groups attached to an aromatic ring is 1. The average molecular weight is 322 g/mol. The van der Waals surface area contributed by atoms with Crippen molar-refractivity contribution in [3.63, 3.8) is 0 Å². The van der Waals surface area contributed by atoms with Crippen molar-refractivity contribution >= 4 is 17.0 Å². The summed E-state index contributed by atoms with van der Waals surface area (Å²) in [6.07, 6.45) is -1.90. The molecular weight excluding hydrogens is 300 g/mol. The molecule has 3 rings (SSSR count). The fourth-order valence-corrected chi connectivity index (χ4v) is 3.10. The summed E-state index contributed by atoms with van der Waals surface area (Å²) >= 11 is 0. The number of hydrogen-bond donors (Lipinski definition) is 4. The normalized spacial score (nSPS) is 29.3. The summed E-state index contributed by atoms with van der Waals surface area (Å²) in [5.74, 6) is 0.130. The first-order valence-electron chi connectivity index (χ1n) is 7.74. The van der Waals surface area contributed by atoms with Crippen LogP contribution in [0.2, 0.25) is 0 Å². The summed E-state index contributed by atoms with van der Waals surface area (Å²) in [6.45, 7) is 3.75. The zero-order valence-corrected chi connectivity index (χ0v) is 13.1. The molecule has 0 radical (unpaired) electrons. The van der Waals surface area contributed by atoms with Gasteiger partial charge in [-0.25, -0.2) is 4.98 Å². The lowest BCUT2D eigenvalue weighted by Gasteiger charge is -2.20. The fourth-order valence-electron chi connectivity index (χ4n) is 3.10. The van der Waals surface area contributed by atoms with Crippen molar-refractivity contribution in [2.24, 2.45) is 0 Å². The first-order chi connectivity index (χ1) is 10.9. The fraction of sp³-hybridized carbons (Fsp3) is 0.600. The lowest BCUT2D eigenvalue weighted by atomic mass is 10.0. The maximum Gasteiger partial charge on any atom is 0.222 e. The van der Waals surface area contributed by atoms with Crippen LogP contribution in [0.25, 0.3) is 11.0 Å². The van der Waals surface area contributed by atoms with Crippen LogP contribution in [0.1, 0.15) is 31.7 Å². The molecule has 0 bridgehead atoms. The Hall–Kier alpha value is -1.74. The number of fused-ring (bicyclic) bond motifs is 1. The predicted octanol–water partition coefficient (Wildman–Crippen LogP) is 0.102. The van der Waals surface area contributed by atoms with Crippen molar-refractivity contribution in [2.75, 3.05) is 5.73 Å². The van der Waals surface area contributed by atoms with Crippen LogP contribution in [0.15, 0.2) is 12.3 Å². The smallest absolute Gasteiger partial charge is 0.222 e. The van der Waals surface area contributed by atoms with Crippen LogP contribution < -0.4 is 5.73 Å². The molecular formula is C15H22N4O4. The standard InChI is InChI=1S/C15H22N4O4/c1-3-4-9(20)12-10(21)11(22)14(23-12)19-6-5-8-7(2)17-15(16)18-13(8)19/h5-6,9-12,14,20-22H,3-4H2,1-2H3,(H2,16,17,18). The van der Waals surface area contributed by atoms with E-state index in [9.17, 15) is 15.3 Å². The number of anilines is 1. The van der Waals surface area contributed by atoms with E-state index in [0.29, 0.717) is 12.1 Å². The number of aromatic nitrogens is 3. The Balaban J connectivity index is 1.96. The molecule has 8 nitrogen and oxygen atoms in total. The molecule has 5 unspecified atom stereocenters. The van der Waals surface area contributed by atoms with E-state index in [1.165, 1.54) is 0 Å². The molecule has 23 heavy (non-hydrogen) atoms. The number of aliphatic hydroxyl groups is 3. The van der Waals surface area contributed by atoms with E-state index < -0.39 is 30.6 Å². The van der Waals surface area contributed by atoms with E-state index >= 15 is 0 Å². The van der Waals surface area contributed by atoms with Gasteiger partial charge in [-0.2, -0.15) is 4.98 Å². The summed E-state index contributed by atoms with van der Waals surface area (Å²) in [5, 5.41) is 31.4. The van der Waals surface area contributed by atoms with E-state index in [4.69, 9.17) is 10.5 Å². The molecule has 0 spiro atoms. The Morgan fingerprint density at radius 2 is 2.09 bits per heavy atom. The van der Waals surface area contributed by atoms with Crippen LogP contribution in [-0.4, -0.2) is 54.3 Å². The molecule has 1 saturated heterocycles. The number of aliphatic hydroxyl groups excluding tert-OH is 3. The third-order valence-corrected chi connectivity index (χ3v) is 4.29. The molecule has 1 fully saturated rings. The molecule has 5 N–H and O–H groups in total. The average Bonchev–Trinajstić information content (AvgIpc) is 3.02. The molecule has 5 atom stereocenters. The predicted molar refractivity (Wildman–Crippen MR) is 83.5 cm³/mol. The largest absolute Gasteiger partial charge is 0.390 e. The molecule has 0 aliphatic carbocycles. The molecule has 1 aliphatic heterocycles. The number of nitrogens with two attached hydrogens (primary N) is 1. The second-order valence-corrected chi connectivity index (χ2v) is 5.96. The summed E-state index contributed by atoms with van der Waals surface area (Å²) in [4.78, 5) is 8.30. The molecule has 0 aromatic carbocycles. The Morgan fingerprint density at radius 3 is 2.78 bits per heavy atom. The lowest BCUT2D eigenvalue weighted by molar-refractivity contribution is -0.0853. The van der Waals surface area contributed by atoms with E-state index in [-0.39, 0.29) is 5.95 Å². The molecule has 0 amide bonds. The van der Waals surface area contributed by atoms with Crippen molar-refractivity contribution in [3.05, 3.63) is 18.0 Å². The van der Waals surface area contributed by atoms with E-state index in [2.05, 4.69) is 9.97 Å². The summed E-state index contributed by atoms with van der Waals surface area (Å²) in [6, 6.07) is 1.81. The topological polar surface area (TPSA) is 127 Å². The van der Waals surface area contributed by atoms with Crippen LogP contribution in [0.3, 0.4) is 0 Å². The SMILES string of the molecule is CCCC(O)C1OC(n2ccc3c(C)nc(N)nc32)C(O)C1O. The monoisotopic (exact) mass is 322 g/mol. The van der Waals surface area contributed by atoms with Gasteiger partial charge in [0.15, 0.2) is 6.23 Å². The molecule has 2 aromatic rings. The van der Waals surface area contributed by atoms with E-state index in [0.717, 1.165) is 17.5 Å². The van der Waals surface area contributed by atoms with Gasteiger partial charge in [0.25, 0.3) is 0 Å². The van der Waals surface area contributed by atoms with Crippen molar-refractivity contribution in [2.45, 2.75) is 57.3 Å². The second-order valence-electron chi connectivity index (χ2n) is 5.96. The highest BCUT2D eigenvalue weighted by atomic mass is 16.6. The van der Waals surface area contributed by atoms with Gasteiger partial charge in [-0.05, 0) is 19.4 Å².